The number of amides is 1. The lowest BCUT2D eigenvalue weighted by Crippen LogP contribution is -2.34. The number of nitrogens with zero attached hydrogens (tertiary/aromatic N) is 1. The molecular formula is C17H17ClF3IN2O. The molecule has 8 heteroatoms. The van der Waals surface area contributed by atoms with Crippen molar-refractivity contribution in [3.63, 3.8) is 0 Å². The summed E-state index contributed by atoms with van der Waals surface area (Å²) in [5.74, 6) is -0.395. The zero-order valence-corrected chi connectivity index (χ0v) is 16.5. The summed E-state index contributed by atoms with van der Waals surface area (Å²) in [6, 6.07) is 7.28. The predicted molar refractivity (Wildman–Crippen MR) is 102 cm³/mol. The van der Waals surface area contributed by atoms with Crippen molar-refractivity contribution in [2.75, 3.05) is 5.32 Å². The molecule has 3 nitrogen and oxygen atoms in total. The van der Waals surface area contributed by atoms with Crippen LogP contribution in [0.2, 0.25) is 0 Å². The van der Waals surface area contributed by atoms with Gasteiger partial charge in [-0.1, -0.05) is 19.9 Å². The molecule has 0 aliphatic carbocycles. The van der Waals surface area contributed by atoms with Crippen LogP contribution in [0.5, 0.6) is 0 Å². The Morgan fingerprint density at radius 2 is 1.96 bits per heavy atom. The zero-order valence-electron chi connectivity index (χ0n) is 13.6. The molecule has 0 fully saturated rings. The van der Waals surface area contributed by atoms with Gasteiger partial charge in [0.25, 0.3) is 0 Å². The first-order valence-electron chi connectivity index (χ1n) is 7.55. The Labute approximate surface area is 162 Å². The summed E-state index contributed by atoms with van der Waals surface area (Å²) >= 11 is 7.98. The van der Waals surface area contributed by atoms with Crippen molar-refractivity contribution in [3.05, 3.63) is 34.0 Å². The van der Waals surface area contributed by atoms with Gasteiger partial charge in [-0.25, -0.2) is 0 Å². The molecule has 1 heterocycles. The van der Waals surface area contributed by atoms with E-state index in [1.807, 2.05) is 12.1 Å². The molecule has 1 amide bonds. The highest BCUT2D eigenvalue weighted by Gasteiger charge is 2.36. The van der Waals surface area contributed by atoms with E-state index in [9.17, 15) is 18.0 Å². The van der Waals surface area contributed by atoms with Crippen LogP contribution in [-0.4, -0.2) is 22.4 Å². The van der Waals surface area contributed by atoms with Crippen LogP contribution in [0.3, 0.4) is 0 Å². The van der Waals surface area contributed by atoms with Gasteiger partial charge in [-0.05, 0) is 47.2 Å². The molecule has 0 aliphatic rings. The van der Waals surface area contributed by atoms with Gasteiger partial charge in [-0.3, -0.25) is 9.78 Å². The quantitative estimate of drug-likeness (QED) is 0.433. The number of nitrogens with one attached hydrogen (secondary N) is 1. The molecule has 1 N–H and O–H groups in total. The Hall–Kier alpha value is -1.09. The molecule has 1 aromatic carbocycles. The number of hydrogen-bond acceptors (Lipinski definition) is 2. The Morgan fingerprint density at radius 1 is 1.28 bits per heavy atom. The first-order valence-corrected chi connectivity index (χ1v) is 9.06. The van der Waals surface area contributed by atoms with Crippen molar-refractivity contribution >= 4 is 56.7 Å². The summed E-state index contributed by atoms with van der Waals surface area (Å²) in [6.45, 7) is 3.16. The molecule has 0 radical (unpaired) electrons. The Balaban J connectivity index is 2.17. The maximum atomic E-state index is 12.6. The third-order valence-electron chi connectivity index (χ3n) is 3.76. The molecule has 25 heavy (non-hydrogen) atoms. The number of alkyl halides is 4. The fourth-order valence-corrected chi connectivity index (χ4v) is 3.68. The van der Waals surface area contributed by atoms with Gasteiger partial charge < -0.3 is 5.32 Å². The molecule has 2 rings (SSSR count). The van der Waals surface area contributed by atoms with Crippen molar-refractivity contribution in [3.8, 4) is 0 Å². The molecule has 0 aliphatic heterocycles. The van der Waals surface area contributed by atoms with Crippen molar-refractivity contribution < 1.29 is 18.0 Å². The van der Waals surface area contributed by atoms with Crippen LogP contribution in [0, 0.1) is 8.99 Å². The number of aromatic nitrogens is 1. The molecule has 0 spiro atoms. The van der Waals surface area contributed by atoms with Gasteiger partial charge >= 0.3 is 6.18 Å². The van der Waals surface area contributed by atoms with E-state index in [-0.39, 0.29) is 6.42 Å². The Kier molecular flexibility index (Phi) is 6.19. The van der Waals surface area contributed by atoms with Crippen LogP contribution in [0.15, 0.2) is 30.5 Å². The second kappa shape index (κ2) is 7.65. The van der Waals surface area contributed by atoms with Gasteiger partial charge in [-0.15, -0.1) is 11.6 Å². The highest BCUT2D eigenvalue weighted by molar-refractivity contribution is 14.1. The van der Waals surface area contributed by atoms with Gasteiger partial charge in [0.1, 0.15) is 0 Å². The summed E-state index contributed by atoms with van der Waals surface area (Å²) in [7, 11) is 0. The molecule has 1 aromatic heterocycles. The topological polar surface area (TPSA) is 42.0 Å². The fraction of sp³-hybridized carbons (Fsp3) is 0.412. The van der Waals surface area contributed by atoms with Crippen LogP contribution in [0.25, 0.3) is 10.9 Å². The molecule has 1 unspecified atom stereocenters. The number of hydrogen-bond donors (Lipinski definition) is 1. The highest BCUT2D eigenvalue weighted by atomic mass is 127. The van der Waals surface area contributed by atoms with E-state index in [4.69, 9.17) is 11.6 Å². The minimum absolute atomic E-state index is 0.0877. The summed E-state index contributed by atoms with van der Waals surface area (Å²) in [5.41, 5.74) is 0.106. The van der Waals surface area contributed by atoms with Crippen molar-refractivity contribution in [2.45, 2.75) is 38.2 Å². The number of anilines is 1. The van der Waals surface area contributed by atoms with E-state index < -0.39 is 29.3 Å². The van der Waals surface area contributed by atoms with Crippen LogP contribution in [0.1, 0.15) is 26.7 Å². The second-order valence-electron chi connectivity index (χ2n) is 6.45. The molecule has 136 valence electrons. The monoisotopic (exact) mass is 484 g/mol. The molecule has 0 saturated carbocycles. The SMILES string of the molecule is CC(C)(CC(Cl)CC(F)(F)F)C(=O)Nc1ccc(I)c2cccnc12. The number of rotatable bonds is 5. The Morgan fingerprint density at radius 3 is 2.60 bits per heavy atom. The normalized spacial score (nSPS) is 13.7. The van der Waals surface area contributed by atoms with Crippen LogP contribution >= 0.6 is 34.2 Å². The molecule has 2 aromatic rings. The van der Waals surface area contributed by atoms with Crippen LogP contribution in [0.4, 0.5) is 18.9 Å². The highest BCUT2D eigenvalue weighted by Crippen LogP contribution is 2.34. The summed E-state index contributed by atoms with van der Waals surface area (Å²) in [6.07, 6.45) is -3.94. The number of fused-ring (bicyclic) bond motifs is 1. The van der Waals surface area contributed by atoms with E-state index in [2.05, 4.69) is 32.9 Å². The number of carbonyl (C=O) groups excluding carboxylic acids is 1. The number of benzene rings is 1. The number of halogens is 5. The van der Waals surface area contributed by atoms with E-state index in [1.54, 1.807) is 32.2 Å². The van der Waals surface area contributed by atoms with Gasteiger partial charge in [0.15, 0.2) is 0 Å². The lowest BCUT2D eigenvalue weighted by atomic mass is 9.85. The van der Waals surface area contributed by atoms with Gasteiger partial charge in [0.2, 0.25) is 5.91 Å². The van der Waals surface area contributed by atoms with Gasteiger partial charge in [0.05, 0.1) is 17.6 Å². The first kappa shape index (κ1) is 20.2. The van der Waals surface area contributed by atoms with Crippen LogP contribution < -0.4 is 5.32 Å². The third-order valence-corrected chi connectivity index (χ3v) is 5.01. The van der Waals surface area contributed by atoms with E-state index >= 15 is 0 Å². The summed E-state index contributed by atoms with van der Waals surface area (Å²) in [5, 5.41) is 2.51. The lowest BCUT2D eigenvalue weighted by Gasteiger charge is -2.26. The maximum Gasteiger partial charge on any atom is 0.390 e. The van der Waals surface area contributed by atoms with Gasteiger partial charge in [0, 0.05) is 25.9 Å². The van der Waals surface area contributed by atoms with E-state index in [0.717, 1.165) is 8.96 Å². The third kappa shape index (κ3) is 5.44. The predicted octanol–water partition coefficient (Wildman–Crippen LogP) is 5.75. The molecular weight excluding hydrogens is 468 g/mol. The first-order chi connectivity index (χ1) is 11.5. The average molecular weight is 485 g/mol. The second-order valence-corrected chi connectivity index (χ2v) is 8.23. The minimum Gasteiger partial charge on any atom is -0.324 e. The molecule has 1 atom stereocenters. The summed E-state index contributed by atoms with van der Waals surface area (Å²) in [4.78, 5) is 16.9. The van der Waals surface area contributed by atoms with Crippen molar-refractivity contribution in [1.29, 1.82) is 0 Å². The number of carbonyl (C=O) groups is 1. The van der Waals surface area contributed by atoms with Gasteiger partial charge in [-0.2, -0.15) is 13.2 Å². The van der Waals surface area contributed by atoms with Crippen molar-refractivity contribution in [2.24, 2.45) is 5.41 Å². The van der Waals surface area contributed by atoms with Crippen LogP contribution in [-0.2, 0) is 4.79 Å². The fourth-order valence-electron chi connectivity index (χ4n) is 2.50. The minimum atomic E-state index is -4.35. The van der Waals surface area contributed by atoms with E-state index in [0.29, 0.717) is 11.2 Å². The largest absolute Gasteiger partial charge is 0.390 e. The summed E-state index contributed by atoms with van der Waals surface area (Å²) < 4.78 is 38.3. The molecule has 0 bridgehead atoms. The Bertz CT molecular complexity index is 780. The smallest absolute Gasteiger partial charge is 0.324 e. The lowest BCUT2D eigenvalue weighted by molar-refractivity contribution is -0.137. The zero-order chi connectivity index (χ0) is 18.8. The average Bonchev–Trinajstić information content (AvgIpc) is 2.47. The maximum absolute atomic E-state index is 12.6. The molecule has 0 saturated heterocycles. The van der Waals surface area contributed by atoms with E-state index in [1.165, 1.54) is 0 Å². The number of pyridine rings is 1. The standard InChI is InChI=1S/C17H17ClF3IN2O/c1-16(2,8-10(18)9-17(19,20)21)15(25)24-13-6-5-12(22)11-4-3-7-23-14(11)13/h3-7,10H,8-9H2,1-2H3,(H,24,25). The van der Waals surface area contributed by atoms with Crippen molar-refractivity contribution in [1.82, 2.24) is 4.98 Å².